The molecule has 2 heterocycles. The maximum Gasteiger partial charge on any atom is 0.116 e. The van der Waals surface area contributed by atoms with Gasteiger partial charge in [-0.25, -0.2) is 4.68 Å². The van der Waals surface area contributed by atoms with Gasteiger partial charge in [0.05, 0.1) is 25.6 Å². The van der Waals surface area contributed by atoms with Crippen LogP contribution in [-0.2, 0) is 16.5 Å². The van der Waals surface area contributed by atoms with Crippen molar-refractivity contribution in [2.24, 2.45) is 7.05 Å². The van der Waals surface area contributed by atoms with Gasteiger partial charge < -0.3 is 9.47 Å². The molecule has 0 radical (unpaired) electrons. The third-order valence-electron chi connectivity index (χ3n) is 3.11. The van der Waals surface area contributed by atoms with Gasteiger partial charge in [-0.2, -0.15) is 5.10 Å². The Bertz CT molecular complexity index is 528. The number of hydrogen-bond acceptors (Lipinski definition) is 5. The normalized spacial score (nSPS) is 11.4. The van der Waals surface area contributed by atoms with Gasteiger partial charge in [0.1, 0.15) is 11.7 Å². The Balaban J connectivity index is 2.24. The van der Waals surface area contributed by atoms with Crippen LogP contribution in [0.1, 0.15) is 11.7 Å². The number of aryl methyl sites for hydroxylation is 1. The predicted molar refractivity (Wildman–Crippen MR) is 69.8 cm³/mol. The molecular weight excluding hydrogens is 246 g/mol. The van der Waals surface area contributed by atoms with Gasteiger partial charge >= 0.3 is 0 Å². The lowest BCUT2D eigenvalue weighted by Crippen LogP contribution is -2.20. The first-order chi connectivity index (χ1) is 9.17. The highest BCUT2D eigenvalue weighted by molar-refractivity contribution is 5.59. The third-order valence-corrected chi connectivity index (χ3v) is 3.11. The molecule has 0 N–H and O–H groups in total. The topological polar surface area (TPSA) is 67.0 Å². The van der Waals surface area contributed by atoms with Gasteiger partial charge in [-0.05, 0) is 6.92 Å². The molecule has 0 amide bonds. The summed E-state index contributed by atoms with van der Waals surface area (Å²) in [4.78, 5) is 0. The van der Waals surface area contributed by atoms with E-state index in [1.54, 1.807) is 25.1 Å². The first-order valence-electron chi connectivity index (χ1n) is 6.06. The van der Waals surface area contributed by atoms with Crippen LogP contribution >= 0.6 is 0 Å². The maximum atomic E-state index is 5.17. The Hall–Kier alpha value is -1.73. The van der Waals surface area contributed by atoms with E-state index in [1.807, 2.05) is 24.9 Å². The fraction of sp³-hybridized carbons (Fsp3) is 0.583. The third kappa shape index (κ3) is 2.82. The zero-order valence-electron chi connectivity index (χ0n) is 11.7. The van der Waals surface area contributed by atoms with Gasteiger partial charge in [0.25, 0.3) is 0 Å². The lowest BCUT2D eigenvalue weighted by atomic mass is 10.2. The molecule has 0 unspecified atom stereocenters. The Morgan fingerprint density at radius 3 is 2.47 bits per heavy atom. The van der Waals surface area contributed by atoms with E-state index in [-0.39, 0.29) is 6.04 Å². The van der Waals surface area contributed by atoms with E-state index >= 15 is 0 Å². The lowest BCUT2D eigenvalue weighted by molar-refractivity contribution is 0.0830. The summed E-state index contributed by atoms with van der Waals surface area (Å²) in [6.07, 6.45) is 3.69. The summed E-state index contributed by atoms with van der Waals surface area (Å²) in [6.45, 7) is 3.06. The van der Waals surface area contributed by atoms with Gasteiger partial charge in [-0.3, -0.25) is 4.68 Å². The Morgan fingerprint density at radius 2 is 1.95 bits per heavy atom. The second kappa shape index (κ2) is 5.94. The average Bonchev–Trinajstić information content (AvgIpc) is 2.98. The minimum absolute atomic E-state index is 0.0215. The van der Waals surface area contributed by atoms with Crippen LogP contribution in [0.4, 0.5) is 0 Å². The van der Waals surface area contributed by atoms with E-state index in [4.69, 9.17) is 9.47 Å². The van der Waals surface area contributed by atoms with Crippen molar-refractivity contribution in [2.75, 3.05) is 27.4 Å². The van der Waals surface area contributed by atoms with Crippen LogP contribution in [0, 0.1) is 6.92 Å². The highest BCUT2D eigenvalue weighted by Crippen LogP contribution is 2.20. The summed E-state index contributed by atoms with van der Waals surface area (Å²) < 4.78 is 13.9. The van der Waals surface area contributed by atoms with Crippen molar-refractivity contribution >= 4 is 0 Å². The van der Waals surface area contributed by atoms with Gasteiger partial charge in [-0.1, -0.05) is 5.21 Å². The highest BCUT2D eigenvalue weighted by Gasteiger charge is 2.16. The van der Waals surface area contributed by atoms with Crippen LogP contribution in [0.3, 0.4) is 0 Å². The predicted octanol–water partition coefficient (Wildman–Crippen LogP) is 0.821. The van der Waals surface area contributed by atoms with Crippen molar-refractivity contribution < 1.29 is 9.47 Å². The smallest absolute Gasteiger partial charge is 0.116 e. The van der Waals surface area contributed by atoms with Crippen LogP contribution in [0.2, 0.25) is 0 Å². The molecule has 0 aromatic carbocycles. The van der Waals surface area contributed by atoms with Crippen LogP contribution < -0.4 is 0 Å². The maximum absolute atomic E-state index is 5.17. The molecule has 0 aliphatic carbocycles. The number of hydrogen-bond donors (Lipinski definition) is 0. The molecule has 2 aromatic heterocycles. The molecular formula is C12H19N5O2. The van der Waals surface area contributed by atoms with E-state index in [0.29, 0.717) is 13.2 Å². The average molecular weight is 265 g/mol. The van der Waals surface area contributed by atoms with Crippen LogP contribution in [0.5, 0.6) is 0 Å². The van der Waals surface area contributed by atoms with E-state index < -0.39 is 0 Å². The van der Waals surface area contributed by atoms with Crippen molar-refractivity contribution in [3.8, 4) is 11.3 Å². The standard InChI is InChI=1S/C12H19N5O2/c1-9-11(5-13-16(9)2)12-6-17(15-14-12)10(7-18-3)8-19-4/h5-6,10H,7-8H2,1-4H3. The second-order valence-electron chi connectivity index (χ2n) is 4.42. The Labute approximate surface area is 112 Å². The SMILES string of the molecule is COCC(COC)n1cc(-c2cnn(C)c2C)nn1. The van der Waals surface area contributed by atoms with Crippen molar-refractivity contribution in [3.63, 3.8) is 0 Å². The summed E-state index contributed by atoms with van der Waals surface area (Å²) in [5, 5.41) is 12.6. The van der Waals surface area contributed by atoms with Crippen molar-refractivity contribution in [3.05, 3.63) is 18.1 Å². The Kier molecular flexibility index (Phi) is 4.28. The minimum Gasteiger partial charge on any atom is -0.382 e. The first kappa shape index (κ1) is 13.7. The van der Waals surface area contributed by atoms with Crippen molar-refractivity contribution in [1.29, 1.82) is 0 Å². The quantitative estimate of drug-likeness (QED) is 0.773. The summed E-state index contributed by atoms with van der Waals surface area (Å²) in [7, 11) is 5.22. The molecule has 0 saturated carbocycles. The highest BCUT2D eigenvalue weighted by atomic mass is 16.5. The molecule has 0 atom stereocenters. The van der Waals surface area contributed by atoms with E-state index in [1.165, 1.54) is 0 Å². The van der Waals surface area contributed by atoms with E-state index in [2.05, 4.69) is 15.4 Å². The molecule has 104 valence electrons. The van der Waals surface area contributed by atoms with Crippen molar-refractivity contribution in [2.45, 2.75) is 13.0 Å². The summed E-state index contributed by atoms with van der Waals surface area (Å²) in [5.41, 5.74) is 2.85. The lowest BCUT2D eigenvalue weighted by Gasteiger charge is -2.14. The van der Waals surface area contributed by atoms with Gasteiger partial charge in [0.2, 0.25) is 0 Å². The fourth-order valence-electron chi connectivity index (χ4n) is 1.91. The van der Waals surface area contributed by atoms with Crippen molar-refractivity contribution in [1.82, 2.24) is 24.8 Å². The summed E-state index contributed by atoms with van der Waals surface area (Å²) in [5.74, 6) is 0. The summed E-state index contributed by atoms with van der Waals surface area (Å²) >= 11 is 0. The summed E-state index contributed by atoms with van der Waals surface area (Å²) in [6, 6.07) is 0.0215. The van der Waals surface area contributed by atoms with Crippen LogP contribution in [-0.4, -0.2) is 52.2 Å². The second-order valence-corrected chi connectivity index (χ2v) is 4.42. The largest absolute Gasteiger partial charge is 0.382 e. The Morgan fingerprint density at radius 1 is 1.26 bits per heavy atom. The zero-order chi connectivity index (χ0) is 13.8. The molecule has 0 bridgehead atoms. The van der Waals surface area contributed by atoms with Gasteiger partial charge in [0.15, 0.2) is 0 Å². The zero-order valence-corrected chi connectivity index (χ0v) is 11.7. The molecule has 7 heteroatoms. The number of methoxy groups -OCH3 is 2. The van der Waals surface area contributed by atoms with Crippen LogP contribution in [0.25, 0.3) is 11.3 Å². The molecule has 2 rings (SSSR count). The number of ether oxygens (including phenoxy) is 2. The molecule has 0 saturated heterocycles. The molecule has 2 aromatic rings. The van der Waals surface area contributed by atoms with Gasteiger partial charge in [-0.15, -0.1) is 5.10 Å². The molecule has 7 nitrogen and oxygen atoms in total. The number of rotatable bonds is 6. The molecule has 0 aliphatic heterocycles. The molecule has 0 fully saturated rings. The monoisotopic (exact) mass is 265 g/mol. The van der Waals surface area contributed by atoms with Gasteiger partial charge in [0, 0.05) is 32.5 Å². The van der Waals surface area contributed by atoms with E-state index in [0.717, 1.165) is 17.0 Å². The van der Waals surface area contributed by atoms with E-state index in [9.17, 15) is 0 Å². The molecule has 19 heavy (non-hydrogen) atoms. The molecule has 0 aliphatic rings. The first-order valence-corrected chi connectivity index (χ1v) is 6.06. The fourth-order valence-corrected chi connectivity index (χ4v) is 1.91. The van der Waals surface area contributed by atoms with Crippen LogP contribution in [0.15, 0.2) is 12.4 Å². The number of nitrogens with zero attached hydrogens (tertiary/aromatic N) is 5. The minimum atomic E-state index is 0.0215. The number of aromatic nitrogens is 5. The molecule has 0 spiro atoms.